The molecule has 1 saturated carbocycles. The summed E-state index contributed by atoms with van der Waals surface area (Å²) in [5.41, 5.74) is 4.36. The SMILES string of the molecule is Cc1ccc(C(C(=O)Nc2c(C)cccc2C)N(C(=O)C(CO)NC(=O)OC(C)(C)C)C2CC2C)c(C)c1. The summed E-state index contributed by atoms with van der Waals surface area (Å²) in [4.78, 5) is 42.1. The predicted octanol–water partition coefficient (Wildman–Crippen LogP) is 4.72. The summed E-state index contributed by atoms with van der Waals surface area (Å²) in [6, 6.07) is 9.11. The molecule has 3 amide bonds. The second-order valence-electron chi connectivity index (χ2n) is 11.4. The molecule has 0 aromatic heterocycles. The van der Waals surface area contributed by atoms with E-state index in [1.54, 1.807) is 25.7 Å². The van der Waals surface area contributed by atoms with E-state index in [0.717, 1.165) is 22.3 Å². The number of hydrogen-bond acceptors (Lipinski definition) is 5. The van der Waals surface area contributed by atoms with Crippen molar-refractivity contribution in [3.63, 3.8) is 0 Å². The van der Waals surface area contributed by atoms with Crippen LogP contribution in [0, 0.1) is 33.6 Å². The molecule has 3 N–H and O–H groups in total. The maximum atomic E-state index is 14.1. The maximum absolute atomic E-state index is 14.1. The van der Waals surface area contributed by atoms with Crippen LogP contribution in [0.5, 0.6) is 0 Å². The van der Waals surface area contributed by atoms with Crippen molar-refractivity contribution in [3.05, 3.63) is 64.2 Å². The third-order valence-electron chi connectivity index (χ3n) is 6.83. The number of ether oxygens (including phenoxy) is 1. The topological polar surface area (TPSA) is 108 Å². The monoisotopic (exact) mass is 523 g/mol. The van der Waals surface area contributed by atoms with Gasteiger partial charge in [0.2, 0.25) is 5.91 Å². The van der Waals surface area contributed by atoms with Gasteiger partial charge in [0, 0.05) is 11.7 Å². The van der Waals surface area contributed by atoms with E-state index in [4.69, 9.17) is 4.74 Å². The number of carbonyl (C=O) groups excluding carboxylic acids is 3. The predicted molar refractivity (Wildman–Crippen MR) is 148 cm³/mol. The lowest BCUT2D eigenvalue weighted by atomic mass is 9.95. The molecule has 0 radical (unpaired) electrons. The first-order valence-electron chi connectivity index (χ1n) is 13.1. The number of alkyl carbamates (subject to hydrolysis) is 1. The molecule has 2 aromatic rings. The Morgan fingerprint density at radius 3 is 2.16 bits per heavy atom. The minimum atomic E-state index is -1.26. The van der Waals surface area contributed by atoms with Crippen molar-refractivity contribution in [1.82, 2.24) is 10.2 Å². The van der Waals surface area contributed by atoms with Crippen LogP contribution in [-0.4, -0.2) is 52.2 Å². The summed E-state index contributed by atoms with van der Waals surface area (Å²) >= 11 is 0. The number of aliphatic hydroxyl groups is 1. The number of carbonyl (C=O) groups is 3. The van der Waals surface area contributed by atoms with Crippen LogP contribution in [0.1, 0.15) is 68.0 Å². The molecule has 0 heterocycles. The Balaban J connectivity index is 2.05. The smallest absolute Gasteiger partial charge is 0.408 e. The minimum Gasteiger partial charge on any atom is -0.444 e. The first-order valence-corrected chi connectivity index (χ1v) is 13.1. The zero-order valence-electron chi connectivity index (χ0n) is 23.7. The molecule has 8 heteroatoms. The molecular formula is C30H41N3O5. The zero-order valence-corrected chi connectivity index (χ0v) is 23.7. The number of nitrogens with zero attached hydrogens (tertiary/aromatic N) is 1. The highest BCUT2D eigenvalue weighted by molar-refractivity contribution is 6.00. The number of nitrogens with one attached hydrogen (secondary N) is 2. The van der Waals surface area contributed by atoms with Crippen molar-refractivity contribution >= 4 is 23.6 Å². The first kappa shape index (κ1) is 29.2. The summed E-state index contributed by atoms with van der Waals surface area (Å²) in [5, 5.41) is 15.7. The summed E-state index contributed by atoms with van der Waals surface area (Å²) in [6.07, 6.45) is -0.0919. The molecule has 0 spiro atoms. The summed E-state index contributed by atoms with van der Waals surface area (Å²) in [5.74, 6) is -0.717. The lowest BCUT2D eigenvalue weighted by molar-refractivity contribution is -0.142. The normalized spacial score (nSPS) is 18.2. The molecule has 0 aliphatic heterocycles. The van der Waals surface area contributed by atoms with Crippen LogP contribution in [0.25, 0.3) is 0 Å². The van der Waals surface area contributed by atoms with Gasteiger partial charge in [-0.3, -0.25) is 9.59 Å². The van der Waals surface area contributed by atoms with Gasteiger partial charge in [0.1, 0.15) is 17.7 Å². The van der Waals surface area contributed by atoms with Crippen LogP contribution >= 0.6 is 0 Å². The van der Waals surface area contributed by atoms with Crippen LogP contribution in [0.4, 0.5) is 10.5 Å². The van der Waals surface area contributed by atoms with E-state index in [1.807, 2.05) is 71.0 Å². The number of anilines is 1. The highest BCUT2D eigenvalue weighted by Crippen LogP contribution is 2.42. The van der Waals surface area contributed by atoms with Crippen molar-refractivity contribution in [2.24, 2.45) is 5.92 Å². The molecule has 0 bridgehead atoms. The van der Waals surface area contributed by atoms with Gasteiger partial charge in [-0.15, -0.1) is 0 Å². The summed E-state index contributed by atoms with van der Waals surface area (Å²) in [6.45, 7) is 14.3. The Morgan fingerprint density at radius 1 is 1.05 bits per heavy atom. The summed E-state index contributed by atoms with van der Waals surface area (Å²) < 4.78 is 5.32. The number of hydrogen-bond donors (Lipinski definition) is 3. The van der Waals surface area contributed by atoms with E-state index in [0.29, 0.717) is 17.7 Å². The number of amides is 3. The molecule has 3 rings (SSSR count). The van der Waals surface area contributed by atoms with E-state index in [9.17, 15) is 19.5 Å². The van der Waals surface area contributed by atoms with Gasteiger partial charge in [-0.2, -0.15) is 0 Å². The van der Waals surface area contributed by atoms with Crippen molar-refractivity contribution in [3.8, 4) is 0 Å². The molecule has 0 saturated heterocycles. The quantitative estimate of drug-likeness (QED) is 0.464. The largest absolute Gasteiger partial charge is 0.444 e. The maximum Gasteiger partial charge on any atom is 0.408 e. The fraction of sp³-hybridized carbons (Fsp3) is 0.500. The van der Waals surface area contributed by atoms with Crippen LogP contribution in [0.3, 0.4) is 0 Å². The molecule has 8 nitrogen and oxygen atoms in total. The van der Waals surface area contributed by atoms with Crippen LogP contribution in [0.15, 0.2) is 36.4 Å². The van der Waals surface area contributed by atoms with Gasteiger partial charge in [-0.25, -0.2) is 4.79 Å². The molecule has 1 aliphatic rings. The number of aliphatic hydroxyl groups excluding tert-OH is 1. The van der Waals surface area contributed by atoms with Gasteiger partial charge >= 0.3 is 6.09 Å². The Hall–Kier alpha value is -3.39. The van der Waals surface area contributed by atoms with Crippen molar-refractivity contribution < 1.29 is 24.2 Å². The first-order chi connectivity index (χ1) is 17.7. The van der Waals surface area contributed by atoms with Crippen molar-refractivity contribution in [2.75, 3.05) is 11.9 Å². The van der Waals surface area contributed by atoms with Crippen molar-refractivity contribution in [1.29, 1.82) is 0 Å². The molecule has 1 fully saturated rings. The lowest BCUT2D eigenvalue weighted by Crippen LogP contribution is -2.54. The molecular weight excluding hydrogens is 482 g/mol. The second-order valence-corrected chi connectivity index (χ2v) is 11.4. The van der Waals surface area contributed by atoms with E-state index in [-0.39, 0.29) is 17.9 Å². The molecule has 1 aliphatic carbocycles. The van der Waals surface area contributed by atoms with E-state index in [2.05, 4.69) is 10.6 Å². The Bertz CT molecular complexity index is 1180. The molecule has 4 unspecified atom stereocenters. The summed E-state index contributed by atoms with van der Waals surface area (Å²) in [7, 11) is 0. The highest BCUT2D eigenvalue weighted by atomic mass is 16.6. The average molecular weight is 524 g/mol. The van der Waals surface area contributed by atoms with E-state index < -0.39 is 36.3 Å². The zero-order chi connectivity index (χ0) is 28.4. The van der Waals surface area contributed by atoms with Crippen molar-refractivity contribution in [2.45, 2.75) is 85.5 Å². The number of rotatable bonds is 8. The van der Waals surface area contributed by atoms with Crippen LogP contribution in [0.2, 0.25) is 0 Å². The standard InChI is InChI=1S/C30H41N3O5/c1-17-12-13-22(20(4)14-17)26(27(35)32-25-18(2)10-9-11-19(25)3)33(24-15-21(24)5)28(36)23(16-34)31-29(37)38-30(6,7)8/h9-14,21,23-24,26,34H,15-16H2,1-8H3,(H,31,37)(H,32,35). The fourth-order valence-electron chi connectivity index (χ4n) is 4.74. The molecule has 38 heavy (non-hydrogen) atoms. The van der Waals surface area contributed by atoms with Gasteiger partial charge in [-0.05, 0) is 83.1 Å². The van der Waals surface area contributed by atoms with Gasteiger partial charge in [0.05, 0.1) is 6.61 Å². The van der Waals surface area contributed by atoms with Gasteiger partial charge in [0.25, 0.3) is 5.91 Å². The number of benzene rings is 2. The number of aryl methyl sites for hydroxylation is 4. The third-order valence-corrected chi connectivity index (χ3v) is 6.83. The Labute approximate surface area is 225 Å². The lowest BCUT2D eigenvalue weighted by Gasteiger charge is -2.35. The van der Waals surface area contributed by atoms with Gasteiger partial charge < -0.3 is 25.4 Å². The van der Waals surface area contributed by atoms with Crippen LogP contribution < -0.4 is 10.6 Å². The minimum absolute atomic E-state index is 0.168. The molecule has 206 valence electrons. The van der Waals surface area contributed by atoms with E-state index in [1.165, 1.54) is 0 Å². The second kappa shape index (κ2) is 11.6. The Kier molecular flexibility index (Phi) is 8.87. The fourth-order valence-corrected chi connectivity index (χ4v) is 4.74. The van der Waals surface area contributed by atoms with Crippen LogP contribution in [-0.2, 0) is 14.3 Å². The molecule has 4 atom stereocenters. The highest BCUT2D eigenvalue weighted by Gasteiger charge is 2.48. The Morgan fingerprint density at radius 2 is 1.66 bits per heavy atom. The van der Waals surface area contributed by atoms with Gasteiger partial charge in [-0.1, -0.05) is 48.9 Å². The molecule has 2 aromatic carbocycles. The number of para-hydroxylation sites is 1. The average Bonchev–Trinajstić information content (AvgIpc) is 3.53. The third kappa shape index (κ3) is 6.92. The van der Waals surface area contributed by atoms with Gasteiger partial charge in [0.15, 0.2) is 0 Å². The van der Waals surface area contributed by atoms with E-state index >= 15 is 0 Å².